The van der Waals surface area contributed by atoms with E-state index >= 15 is 0 Å². The van der Waals surface area contributed by atoms with Crippen molar-refractivity contribution in [1.29, 1.82) is 0 Å². The number of nitrogens with zero attached hydrogens (tertiary/aromatic N) is 3. The van der Waals surface area contributed by atoms with Crippen LogP contribution in [0.5, 0.6) is 5.75 Å². The van der Waals surface area contributed by atoms with E-state index in [0.29, 0.717) is 32.8 Å². The van der Waals surface area contributed by atoms with Gasteiger partial charge in [-0.05, 0) is 12.5 Å². The SMILES string of the molecule is O=C(NCCC(N1CCOCC1)N1CCOCC1)c1cc(OC2(O)OCC(CO)C(O)C2O)cc([N+](=O)[O-])c1. The van der Waals surface area contributed by atoms with E-state index in [1.807, 2.05) is 0 Å². The summed E-state index contributed by atoms with van der Waals surface area (Å²) in [6.07, 6.45) is -2.90. The lowest BCUT2D eigenvalue weighted by atomic mass is 9.95. The second kappa shape index (κ2) is 13.3. The van der Waals surface area contributed by atoms with Crippen molar-refractivity contribution in [3.63, 3.8) is 0 Å². The predicted molar refractivity (Wildman–Crippen MR) is 133 cm³/mol. The number of ether oxygens (including phenoxy) is 4. The molecule has 218 valence electrons. The molecular formula is C24H36N4O11. The van der Waals surface area contributed by atoms with Gasteiger partial charge in [0.25, 0.3) is 11.6 Å². The third kappa shape index (κ3) is 7.19. The molecule has 4 rings (SSSR count). The van der Waals surface area contributed by atoms with Gasteiger partial charge in [-0.25, -0.2) is 0 Å². The number of nitro groups is 1. The maximum absolute atomic E-state index is 13.0. The van der Waals surface area contributed by atoms with Gasteiger partial charge in [0.2, 0.25) is 0 Å². The first-order valence-electron chi connectivity index (χ1n) is 13.0. The molecule has 15 heteroatoms. The number of hydrogen-bond donors (Lipinski definition) is 5. The number of non-ortho nitro benzene ring substituents is 1. The van der Waals surface area contributed by atoms with Crippen molar-refractivity contribution in [2.75, 3.05) is 72.4 Å². The first-order chi connectivity index (χ1) is 18.7. The second-order valence-electron chi connectivity index (χ2n) is 9.72. The number of aliphatic hydroxyl groups excluding tert-OH is 3. The molecule has 39 heavy (non-hydrogen) atoms. The Balaban J connectivity index is 1.44. The summed E-state index contributed by atoms with van der Waals surface area (Å²) in [5.41, 5.74) is -0.587. The first-order valence-corrected chi connectivity index (χ1v) is 13.0. The Labute approximate surface area is 224 Å². The largest absolute Gasteiger partial charge is 0.437 e. The number of rotatable bonds is 10. The minimum atomic E-state index is -2.75. The normalized spacial score (nSPS) is 28.8. The molecule has 3 heterocycles. The summed E-state index contributed by atoms with van der Waals surface area (Å²) in [5.74, 6) is -4.54. The molecule has 0 aromatic heterocycles. The molecular weight excluding hydrogens is 520 g/mol. The van der Waals surface area contributed by atoms with Crippen LogP contribution in [-0.2, 0) is 14.2 Å². The molecule has 3 aliphatic rings. The molecule has 1 aromatic carbocycles. The summed E-state index contributed by atoms with van der Waals surface area (Å²) in [4.78, 5) is 28.4. The van der Waals surface area contributed by atoms with Gasteiger partial charge >= 0.3 is 5.97 Å². The number of morpholine rings is 2. The van der Waals surface area contributed by atoms with Crippen LogP contribution in [0, 0.1) is 16.0 Å². The number of nitrogens with one attached hydrogen (secondary N) is 1. The smallest absolute Gasteiger partial charge is 0.354 e. The highest BCUT2D eigenvalue weighted by Gasteiger charge is 2.51. The van der Waals surface area contributed by atoms with Crippen molar-refractivity contribution in [1.82, 2.24) is 15.1 Å². The Morgan fingerprint density at radius 1 is 1.13 bits per heavy atom. The maximum atomic E-state index is 13.0. The van der Waals surface area contributed by atoms with E-state index in [2.05, 4.69) is 15.1 Å². The lowest BCUT2D eigenvalue weighted by Crippen LogP contribution is -2.62. The lowest BCUT2D eigenvalue weighted by Gasteiger charge is -2.42. The summed E-state index contributed by atoms with van der Waals surface area (Å²) < 4.78 is 21.4. The van der Waals surface area contributed by atoms with Crippen LogP contribution in [-0.4, -0.2) is 138 Å². The molecule has 0 radical (unpaired) electrons. The molecule has 3 saturated heterocycles. The van der Waals surface area contributed by atoms with Crippen LogP contribution in [0.2, 0.25) is 0 Å². The molecule has 0 spiro atoms. The summed E-state index contributed by atoms with van der Waals surface area (Å²) in [6, 6.07) is 3.20. The van der Waals surface area contributed by atoms with E-state index in [4.69, 9.17) is 18.9 Å². The van der Waals surface area contributed by atoms with Crippen molar-refractivity contribution >= 4 is 11.6 Å². The van der Waals surface area contributed by atoms with Gasteiger partial charge in [0.1, 0.15) is 5.75 Å². The van der Waals surface area contributed by atoms with Gasteiger partial charge in [-0.15, -0.1) is 0 Å². The molecule has 4 atom stereocenters. The number of amides is 1. The average Bonchev–Trinajstić information content (AvgIpc) is 2.95. The van der Waals surface area contributed by atoms with E-state index in [0.717, 1.165) is 38.3 Å². The van der Waals surface area contributed by atoms with Crippen molar-refractivity contribution in [3.05, 3.63) is 33.9 Å². The average molecular weight is 557 g/mol. The van der Waals surface area contributed by atoms with E-state index in [1.165, 1.54) is 6.07 Å². The molecule has 0 bridgehead atoms. The van der Waals surface area contributed by atoms with Crippen LogP contribution >= 0.6 is 0 Å². The zero-order valence-electron chi connectivity index (χ0n) is 21.5. The summed E-state index contributed by atoms with van der Waals surface area (Å²) in [6.45, 7) is 5.04. The zero-order chi connectivity index (χ0) is 28.0. The van der Waals surface area contributed by atoms with Crippen molar-refractivity contribution in [2.45, 2.75) is 30.8 Å². The molecule has 1 aromatic rings. The summed E-state index contributed by atoms with van der Waals surface area (Å²) >= 11 is 0. The Morgan fingerprint density at radius 3 is 2.31 bits per heavy atom. The van der Waals surface area contributed by atoms with E-state index in [1.54, 1.807) is 0 Å². The van der Waals surface area contributed by atoms with Gasteiger partial charge in [0, 0.05) is 50.3 Å². The molecule has 15 nitrogen and oxygen atoms in total. The quantitative estimate of drug-likeness (QED) is 0.122. The fourth-order valence-electron chi connectivity index (χ4n) is 4.95. The third-order valence-corrected chi connectivity index (χ3v) is 7.17. The first kappa shape index (κ1) is 29.5. The minimum Gasteiger partial charge on any atom is -0.437 e. The molecule has 3 aliphatic heterocycles. The van der Waals surface area contributed by atoms with Gasteiger partial charge in [0.05, 0.1) is 62.9 Å². The molecule has 1 amide bonds. The third-order valence-electron chi connectivity index (χ3n) is 7.17. The number of carbonyl (C=O) groups is 1. The topological polar surface area (TPSA) is 197 Å². The fourth-order valence-corrected chi connectivity index (χ4v) is 4.95. The zero-order valence-corrected chi connectivity index (χ0v) is 21.5. The van der Waals surface area contributed by atoms with Crippen molar-refractivity contribution in [2.24, 2.45) is 5.92 Å². The van der Waals surface area contributed by atoms with Gasteiger partial charge < -0.3 is 44.7 Å². The van der Waals surface area contributed by atoms with E-state index < -0.39 is 47.2 Å². The van der Waals surface area contributed by atoms with Crippen LogP contribution in [0.15, 0.2) is 18.2 Å². The number of hydrogen-bond acceptors (Lipinski definition) is 13. The maximum Gasteiger partial charge on any atom is 0.354 e. The fraction of sp³-hybridized carbons (Fsp3) is 0.708. The van der Waals surface area contributed by atoms with E-state index in [9.17, 15) is 35.3 Å². The van der Waals surface area contributed by atoms with Gasteiger partial charge in [0.15, 0.2) is 6.10 Å². The van der Waals surface area contributed by atoms with Gasteiger partial charge in [-0.1, -0.05) is 0 Å². The number of nitro benzene ring substituents is 1. The van der Waals surface area contributed by atoms with E-state index in [-0.39, 0.29) is 30.6 Å². The highest BCUT2D eigenvalue weighted by atomic mass is 16.8. The Hall–Kier alpha value is -2.47. The van der Waals surface area contributed by atoms with Crippen molar-refractivity contribution < 1.29 is 49.1 Å². The number of carbonyl (C=O) groups excluding carboxylic acids is 1. The lowest BCUT2D eigenvalue weighted by molar-refractivity contribution is -0.399. The molecule has 4 unspecified atom stereocenters. The Morgan fingerprint density at radius 2 is 1.74 bits per heavy atom. The highest BCUT2D eigenvalue weighted by Crippen LogP contribution is 2.32. The number of aliphatic hydroxyl groups is 4. The molecule has 0 aliphatic carbocycles. The predicted octanol–water partition coefficient (Wildman–Crippen LogP) is -1.91. The minimum absolute atomic E-state index is 0.0652. The number of benzene rings is 1. The van der Waals surface area contributed by atoms with Crippen LogP contribution in [0.3, 0.4) is 0 Å². The molecule has 5 N–H and O–H groups in total. The summed E-state index contributed by atoms with van der Waals surface area (Å²) in [7, 11) is 0. The Bertz CT molecular complexity index is 971. The summed E-state index contributed by atoms with van der Waals surface area (Å²) in [5, 5.41) is 54.7. The van der Waals surface area contributed by atoms with Crippen LogP contribution < -0.4 is 10.1 Å². The van der Waals surface area contributed by atoms with Crippen LogP contribution in [0.4, 0.5) is 5.69 Å². The van der Waals surface area contributed by atoms with Gasteiger partial charge in [-0.3, -0.25) is 24.7 Å². The molecule has 3 fully saturated rings. The van der Waals surface area contributed by atoms with Crippen LogP contribution in [0.1, 0.15) is 16.8 Å². The second-order valence-corrected chi connectivity index (χ2v) is 9.72. The van der Waals surface area contributed by atoms with Crippen molar-refractivity contribution in [3.8, 4) is 5.75 Å². The standard InChI is InChI=1S/C24H36N4O11/c29-14-17-15-38-24(33,22(31)21(17)30)39-19-12-16(11-18(13-19)28(34)35)23(32)25-2-1-20(26-3-7-36-8-4-26)27-5-9-37-10-6-27/h11-13,17,20-22,29-31,33H,1-10,14-15H2,(H,25,32). The molecule has 0 saturated carbocycles. The van der Waals surface area contributed by atoms with Gasteiger partial charge in [-0.2, -0.15) is 0 Å². The highest BCUT2D eigenvalue weighted by molar-refractivity contribution is 5.95. The van der Waals surface area contributed by atoms with Crippen LogP contribution in [0.25, 0.3) is 0 Å². The monoisotopic (exact) mass is 556 g/mol. The Kier molecular flexibility index (Phi) is 10.0.